The zero-order valence-electron chi connectivity index (χ0n) is 23.4. The van der Waals surface area contributed by atoms with Crippen LogP contribution in [0.2, 0.25) is 0 Å². The second-order valence-electron chi connectivity index (χ2n) is 10.6. The van der Waals surface area contributed by atoms with Crippen LogP contribution in [0.25, 0.3) is 5.69 Å². The normalized spacial score (nSPS) is 17.1. The van der Waals surface area contributed by atoms with E-state index in [2.05, 4.69) is 25.9 Å². The molecule has 0 saturated carbocycles. The van der Waals surface area contributed by atoms with E-state index in [1.807, 2.05) is 37.5 Å². The van der Waals surface area contributed by atoms with Crippen LogP contribution >= 0.6 is 0 Å². The molecule has 4 rings (SSSR count). The van der Waals surface area contributed by atoms with E-state index in [-0.39, 0.29) is 18.0 Å². The number of esters is 1. The molecular weight excluding hydrogens is 512 g/mol. The van der Waals surface area contributed by atoms with Crippen LogP contribution in [0.1, 0.15) is 50.9 Å². The van der Waals surface area contributed by atoms with Gasteiger partial charge < -0.3 is 34.9 Å². The van der Waals surface area contributed by atoms with E-state index in [0.29, 0.717) is 55.7 Å². The number of hydrogen-bond donors (Lipinski definition) is 3. The molecule has 4 heterocycles. The molecule has 1 atom stereocenters. The largest absolute Gasteiger partial charge is 0.462 e. The Balaban J connectivity index is 1.53. The van der Waals surface area contributed by atoms with Crippen LogP contribution in [0.3, 0.4) is 0 Å². The van der Waals surface area contributed by atoms with E-state index >= 15 is 0 Å². The van der Waals surface area contributed by atoms with Crippen molar-refractivity contribution in [2.24, 2.45) is 10.9 Å². The van der Waals surface area contributed by atoms with Crippen LogP contribution in [-0.2, 0) is 9.47 Å². The highest BCUT2D eigenvalue weighted by Crippen LogP contribution is 2.26. The summed E-state index contributed by atoms with van der Waals surface area (Å²) >= 11 is 0. The monoisotopic (exact) mass is 548 g/mol. The first-order valence-electron chi connectivity index (χ1n) is 13.4. The highest BCUT2D eigenvalue weighted by molar-refractivity contribution is 6.01. The topological polar surface area (TPSA) is 146 Å². The van der Waals surface area contributed by atoms with Crippen molar-refractivity contribution in [3.63, 3.8) is 0 Å². The van der Waals surface area contributed by atoms with Gasteiger partial charge in [-0.2, -0.15) is 5.26 Å². The summed E-state index contributed by atoms with van der Waals surface area (Å²) < 4.78 is 12.5. The first-order chi connectivity index (χ1) is 19.1. The Morgan fingerprint density at radius 2 is 2.15 bits per heavy atom. The van der Waals surface area contributed by atoms with Gasteiger partial charge in [0.1, 0.15) is 29.0 Å². The molecule has 40 heavy (non-hydrogen) atoms. The molecule has 12 nitrogen and oxygen atoms in total. The van der Waals surface area contributed by atoms with Crippen molar-refractivity contribution in [2.45, 2.75) is 46.1 Å². The fourth-order valence-corrected chi connectivity index (χ4v) is 4.42. The Bertz CT molecular complexity index is 1330. The highest BCUT2D eigenvalue weighted by atomic mass is 16.6. The number of carbonyl (C=O) groups excluding carboxylic acids is 2. The summed E-state index contributed by atoms with van der Waals surface area (Å²) in [7, 11) is 0. The first-order valence-corrected chi connectivity index (χ1v) is 13.4. The second kappa shape index (κ2) is 12.5. The summed E-state index contributed by atoms with van der Waals surface area (Å²) in [5.41, 5.74) is 1.83. The quantitative estimate of drug-likeness (QED) is 0.418. The molecule has 1 amide bonds. The third-order valence-corrected chi connectivity index (χ3v) is 6.30. The molecule has 0 bridgehead atoms. The lowest BCUT2D eigenvalue weighted by molar-refractivity contribution is 0.0172. The van der Waals surface area contributed by atoms with Crippen molar-refractivity contribution in [3.05, 3.63) is 48.3 Å². The van der Waals surface area contributed by atoms with Gasteiger partial charge in [0, 0.05) is 38.1 Å². The maximum Gasteiger partial charge on any atom is 0.410 e. The van der Waals surface area contributed by atoms with Crippen LogP contribution in [0.15, 0.2) is 47.7 Å². The Labute approximate surface area is 234 Å². The van der Waals surface area contributed by atoms with Gasteiger partial charge in [-0.3, -0.25) is 0 Å². The third kappa shape index (κ3) is 7.53. The number of anilines is 2. The number of ether oxygens (including phenoxy) is 2. The summed E-state index contributed by atoms with van der Waals surface area (Å²) in [4.78, 5) is 35.3. The molecule has 1 saturated heterocycles. The number of nitrogens with zero attached hydrogens (tertiary/aromatic N) is 5. The summed E-state index contributed by atoms with van der Waals surface area (Å²) in [5.74, 6) is 1.02. The lowest BCUT2D eigenvalue weighted by atomic mass is 9.98. The van der Waals surface area contributed by atoms with Gasteiger partial charge in [0.15, 0.2) is 0 Å². The predicted octanol–water partition coefficient (Wildman–Crippen LogP) is 3.89. The molecule has 3 N–H and O–H groups in total. The number of amides is 1. The van der Waals surface area contributed by atoms with Crippen molar-refractivity contribution in [3.8, 4) is 11.8 Å². The average molecular weight is 549 g/mol. The molecule has 212 valence electrons. The Morgan fingerprint density at radius 3 is 2.85 bits per heavy atom. The molecule has 12 heteroatoms. The molecule has 0 spiro atoms. The number of aromatic nitrogens is 2. The molecule has 1 fully saturated rings. The van der Waals surface area contributed by atoms with E-state index < -0.39 is 5.60 Å². The van der Waals surface area contributed by atoms with Gasteiger partial charge in [-0.15, -0.1) is 0 Å². The van der Waals surface area contributed by atoms with Crippen LogP contribution < -0.4 is 16.0 Å². The van der Waals surface area contributed by atoms with Crippen LogP contribution in [0.4, 0.5) is 16.3 Å². The first kappa shape index (κ1) is 28.5. The lowest BCUT2D eigenvalue weighted by Gasteiger charge is -2.34. The van der Waals surface area contributed by atoms with Gasteiger partial charge >= 0.3 is 12.1 Å². The summed E-state index contributed by atoms with van der Waals surface area (Å²) in [6.07, 6.45) is 8.34. The van der Waals surface area contributed by atoms with E-state index in [4.69, 9.17) is 14.7 Å². The maximum absolute atomic E-state index is 12.6. The number of piperidine rings is 1. The van der Waals surface area contributed by atoms with Gasteiger partial charge in [0.25, 0.3) is 0 Å². The number of nitriles is 1. The maximum atomic E-state index is 12.6. The minimum atomic E-state index is -0.541. The number of likely N-dealkylation sites (tertiary alicyclic amines) is 1. The SMILES string of the molecule is CCOC(=O)c1ccn(-c2cnc(NC3=CN=C(C#N)CN3)cc2NCC2CCCN(C(=O)OC(C)(C)C)C2)c1. The van der Waals surface area contributed by atoms with Crippen LogP contribution in [0.5, 0.6) is 0 Å². The van der Waals surface area contributed by atoms with Crippen molar-refractivity contribution < 1.29 is 19.1 Å². The predicted molar refractivity (Wildman–Crippen MR) is 151 cm³/mol. The lowest BCUT2D eigenvalue weighted by Crippen LogP contribution is -2.44. The van der Waals surface area contributed by atoms with E-state index in [9.17, 15) is 9.59 Å². The Morgan fingerprint density at radius 1 is 1.32 bits per heavy atom. The second-order valence-corrected chi connectivity index (χ2v) is 10.6. The molecule has 1 unspecified atom stereocenters. The number of rotatable bonds is 8. The summed E-state index contributed by atoms with van der Waals surface area (Å²) in [5, 5.41) is 18.9. The molecule has 2 aliphatic rings. The third-order valence-electron chi connectivity index (χ3n) is 6.30. The summed E-state index contributed by atoms with van der Waals surface area (Å²) in [6, 6.07) is 5.61. The van der Waals surface area contributed by atoms with Crippen molar-refractivity contribution in [1.29, 1.82) is 5.26 Å². The molecular formula is C28H36N8O4. The van der Waals surface area contributed by atoms with Crippen LogP contribution in [-0.4, -0.2) is 70.6 Å². The van der Waals surface area contributed by atoms with Crippen molar-refractivity contribution >= 4 is 29.3 Å². The van der Waals surface area contributed by atoms with Gasteiger partial charge in [-0.05, 0) is 52.5 Å². The van der Waals surface area contributed by atoms with Crippen molar-refractivity contribution in [1.82, 2.24) is 19.8 Å². The van der Waals surface area contributed by atoms with Gasteiger partial charge in [-0.1, -0.05) is 0 Å². The summed E-state index contributed by atoms with van der Waals surface area (Å²) in [6.45, 7) is 9.90. The number of carbonyl (C=O) groups is 2. The number of hydrogen-bond acceptors (Lipinski definition) is 10. The molecule has 0 radical (unpaired) electrons. The number of aliphatic imine (C=N–C) groups is 1. The molecule has 0 aromatic carbocycles. The fourth-order valence-electron chi connectivity index (χ4n) is 4.42. The van der Waals surface area contributed by atoms with Gasteiger partial charge in [-0.25, -0.2) is 19.6 Å². The highest BCUT2D eigenvalue weighted by Gasteiger charge is 2.27. The molecule has 2 aromatic rings. The molecule has 2 aliphatic heterocycles. The standard InChI is InChI=1S/C28H36N8O4/c1-5-39-26(37)20-8-10-35(18-20)23-15-33-24(34-25-16-30-21(12-29)14-32-25)11-22(23)31-13-19-7-6-9-36(17-19)27(38)40-28(2,3)4/h8,10-11,15-16,18-19,32H,5-7,9,13-14,17H2,1-4H3,(H2,31,33,34). The van der Waals surface area contributed by atoms with Crippen molar-refractivity contribution in [2.75, 3.05) is 43.4 Å². The number of pyridine rings is 1. The van der Waals surface area contributed by atoms with Gasteiger partial charge in [0.2, 0.25) is 0 Å². The molecule has 0 aliphatic carbocycles. The number of nitrogens with one attached hydrogen (secondary N) is 3. The van der Waals surface area contributed by atoms with E-state index in [1.54, 1.807) is 42.7 Å². The molecule has 2 aromatic heterocycles. The zero-order valence-corrected chi connectivity index (χ0v) is 23.4. The smallest absolute Gasteiger partial charge is 0.410 e. The van der Waals surface area contributed by atoms with E-state index in [0.717, 1.165) is 24.2 Å². The van der Waals surface area contributed by atoms with Gasteiger partial charge in [0.05, 0.1) is 42.5 Å². The minimum Gasteiger partial charge on any atom is -0.462 e. The Hall–Kier alpha value is -4.53. The fraction of sp³-hybridized carbons (Fsp3) is 0.464. The minimum absolute atomic E-state index is 0.222. The van der Waals surface area contributed by atoms with E-state index in [1.165, 1.54) is 0 Å². The zero-order chi connectivity index (χ0) is 28.7. The average Bonchev–Trinajstić information content (AvgIpc) is 3.42. The van der Waals surface area contributed by atoms with Crippen LogP contribution in [0, 0.1) is 17.2 Å². The Kier molecular flexibility index (Phi) is 8.93.